The molecule has 2 fully saturated rings. The maximum absolute atomic E-state index is 13.1. The highest BCUT2D eigenvalue weighted by Crippen LogP contribution is 2.20. The van der Waals surface area contributed by atoms with E-state index < -0.39 is 0 Å². The quantitative estimate of drug-likeness (QED) is 0.513. The van der Waals surface area contributed by atoms with Crippen molar-refractivity contribution in [3.63, 3.8) is 0 Å². The Morgan fingerprint density at radius 3 is 2.43 bits per heavy atom. The Morgan fingerprint density at radius 1 is 0.943 bits per heavy atom. The zero-order valence-corrected chi connectivity index (χ0v) is 20.1. The molecule has 0 spiro atoms. The van der Waals surface area contributed by atoms with Crippen LogP contribution in [0.5, 0.6) is 5.75 Å². The second kappa shape index (κ2) is 11.0. The van der Waals surface area contributed by atoms with Gasteiger partial charge in [0, 0.05) is 56.9 Å². The van der Waals surface area contributed by atoms with E-state index in [0.29, 0.717) is 31.3 Å². The van der Waals surface area contributed by atoms with Crippen LogP contribution in [0, 0.1) is 0 Å². The second-order valence-electron chi connectivity index (χ2n) is 8.90. The molecule has 2 aromatic carbocycles. The molecule has 0 aliphatic carbocycles. The first-order valence-corrected chi connectivity index (χ1v) is 12.1. The highest BCUT2D eigenvalue weighted by Gasteiger charge is 2.24. The van der Waals surface area contributed by atoms with Crippen LogP contribution in [-0.4, -0.2) is 90.3 Å². The Labute approximate surface area is 205 Å². The Kier molecular flexibility index (Phi) is 7.37. The number of ether oxygens (including phenoxy) is 2. The van der Waals surface area contributed by atoms with Crippen molar-refractivity contribution in [1.82, 2.24) is 24.8 Å². The molecule has 3 aromatic rings. The van der Waals surface area contributed by atoms with Crippen molar-refractivity contribution in [3.05, 3.63) is 65.5 Å². The molecule has 9 nitrogen and oxygen atoms in total. The van der Waals surface area contributed by atoms with Gasteiger partial charge in [0.15, 0.2) is 0 Å². The summed E-state index contributed by atoms with van der Waals surface area (Å²) in [6, 6.07) is 15.6. The molecule has 0 saturated carbocycles. The number of hydrogen-bond acceptors (Lipinski definition) is 8. The summed E-state index contributed by atoms with van der Waals surface area (Å²) >= 11 is 0. The maximum Gasteiger partial charge on any atom is 0.253 e. The minimum atomic E-state index is 0.0908. The number of piperazine rings is 1. The first-order valence-electron chi connectivity index (χ1n) is 12.1. The smallest absolute Gasteiger partial charge is 0.253 e. The minimum Gasteiger partial charge on any atom is -0.497 e. The molecule has 184 valence electrons. The molecule has 1 amide bonds. The van der Waals surface area contributed by atoms with Crippen LogP contribution in [0.15, 0.2) is 53.1 Å². The first kappa shape index (κ1) is 23.5. The predicted molar refractivity (Wildman–Crippen MR) is 130 cm³/mol. The molecule has 0 bridgehead atoms. The number of aromatic nitrogens is 2. The van der Waals surface area contributed by atoms with Crippen molar-refractivity contribution in [1.29, 1.82) is 0 Å². The summed E-state index contributed by atoms with van der Waals surface area (Å²) in [5, 5.41) is 4.11. The van der Waals surface area contributed by atoms with E-state index in [1.165, 1.54) is 5.56 Å². The van der Waals surface area contributed by atoms with Crippen LogP contribution in [0.3, 0.4) is 0 Å². The maximum atomic E-state index is 13.1. The molecule has 2 aliphatic rings. The van der Waals surface area contributed by atoms with Crippen LogP contribution < -0.4 is 4.74 Å². The Morgan fingerprint density at radius 2 is 1.69 bits per heavy atom. The number of benzene rings is 2. The van der Waals surface area contributed by atoms with Gasteiger partial charge in [-0.2, -0.15) is 4.98 Å². The molecular formula is C26H31N5O4. The average Bonchev–Trinajstić information content (AvgIpc) is 3.38. The van der Waals surface area contributed by atoms with E-state index in [9.17, 15) is 4.79 Å². The van der Waals surface area contributed by atoms with Crippen LogP contribution in [0.2, 0.25) is 0 Å². The highest BCUT2D eigenvalue weighted by molar-refractivity contribution is 5.94. The third kappa shape index (κ3) is 5.87. The third-order valence-corrected chi connectivity index (χ3v) is 6.52. The van der Waals surface area contributed by atoms with E-state index in [4.69, 9.17) is 14.0 Å². The van der Waals surface area contributed by atoms with Gasteiger partial charge in [0.1, 0.15) is 5.75 Å². The van der Waals surface area contributed by atoms with E-state index in [0.717, 1.165) is 62.8 Å². The van der Waals surface area contributed by atoms with Crippen LogP contribution in [0.4, 0.5) is 0 Å². The summed E-state index contributed by atoms with van der Waals surface area (Å²) in [7, 11) is 1.64. The van der Waals surface area contributed by atoms with Gasteiger partial charge in [-0.25, -0.2) is 0 Å². The molecule has 0 radical (unpaired) electrons. The fourth-order valence-corrected chi connectivity index (χ4v) is 4.48. The molecule has 2 aliphatic heterocycles. The lowest BCUT2D eigenvalue weighted by molar-refractivity contribution is 0.0341. The van der Waals surface area contributed by atoms with Gasteiger partial charge in [0.05, 0.1) is 26.9 Å². The van der Waals surface area contributed by atoms with Gasteiger partial charge in [-0.1, -0.05) is 17.3 Å². The fourth-order valence-electron chi connectivity index (χ4n) is 4.48. The molecular weight excluding hydrogens is 446 g/mol. The Hall–Kier alpha value is -3.27. The van der Waals surface area contributed by atoms with Crippen molar-refractivity contribution >= 4 is 5.91 Å². The van der Waals surface area contributed by atoms with Crippen molar-refractivity contribution in [2.45, 2.75) is 13.1 Å². The summed E-state index contributed by atoms with van der Waals surface area (Å²) in [5.41, 5.74) is 2.80. The van der Waals surface area contributed by atoms with Gasteiger partial charge in [-0.05, 0) is 42.0 Å². The SMILES string of the molecule is COc1ccc(-c2noc(CN3CCN(C(=O)c4cccc(CN5CCOCC5)c4)CC3)n2)cc1. The van der Waals surface area contributed by atoms with Gasteiger partial charge in [0.25, 0.3) is 5.91 Å². The van der Waals surface area contributed by atoms with Gasteiger partial charge >= 0.3 is 0 Å². The molecule has 3 heterocycles. The van der Waals surface area contributed by atoms with Gasteiger partial charge < -0.3 is 18.9 Å². The molecule has 5 rings (SSSR count). The summed E-state index contributed by atoms with van der Waals surface area (Å²) in [5.74, 6) is 2.02. The van der Waals surface area contributed by atoms with Gasteiger partial charge in [0.2, 0.25) is 11.7 Å². The topological polar surface area (TPSA) is 84.2 Å². The van der Waals surface area contributed by atoms with Crippen molar-refractivity contribution < 1.29 is 18.8 Å². The predicted octanol–water partition coefficient (Wildman–Crippen LogP) is 2.54. The molecule has 1 aromatic heterocycles. The monoisotopic (exact) mass is 477 g/mol. The van der Waals surface area contributed by atoms with E-state index in [1.54, 1.807) is 7.11 Å². The zero-order valence-electron chi connectivity index (χ0n) is 20.1. The molecule has 35 heavy (non-hydrogen) atoms. The van der Waals surface area contributed by atoms with Crippen LogP contribution in [-0.2, 0) is 17.8 Å². The molecule has 0 N–H and O–H groups in total. The average molecular weight is 478 g/mol. The summed E-state index contributed by atoms with van der Waals surface area (Å²) in [6.45, 7) is 7.70. The van der Waals surface area contributed by atoms with Crippen LogP contribution in [0.1, 0.15) is 21.8 Å². The molecule has 2 saturated heterocycles. The molecule has 0 atom stereocenters. The standard InChI is InChI=1S/C26H31N5O4/c1-33-23-7-5-21(6-8-23)25-27-24(35-28-25)19-29-9-11-31(12-10-29)26(32)22-4-2-3-20(17-22)18-30-13-15-34-16-14-30/h2-8,17H,9-16,18-19H2,1H3. The summed E-state index contributed by atoms with van der Waals surface area (Å²) in [6.07, 6.45) is 0. The Balaban J connectivity index is 1.13. The minimum absolute atomic E-state index is 0.0908. The molecule has 0 unspecified atom stereocenters. The number of carbonyl (C=O) groups is 1. The number of carbonyl (C=O) groups excluding carboxylic acids is 1. The Bertz CT molecular complexity index is 1120. The van der Waals surface area contributed by atoms with Crippen molar-refractivity contribution in [2.24, 2.45) is 0 Å². The van der Waals surface area contributed by atoms with E-state index >= 15 is 0 Å². The fraction of sp³-hybridized carbons (Fsp3) is 0.423. The molecule has 9 heteroatoms. The zero-order chi connectivity index (χ0) is 24.0. The lowest BCUT2D eigenvalue weighted by Gasteiger charge is -2.34. The number of hydrogen-bond donors (Lipinski definition) is 0. The van der Waals surface area contributed by atoms with Gasteiger partial charge in [-0.15, -0.1) is 0 Å². The summed E-state index contributed by atoms with van der Waals surface area (Å²) < 4.78 is 16.1. The number of nitrogens with zero attached hydrogens (tertiary/aromatic N) is 5. The number of rotatable bonds is 7. The van der Waals surface area contributed by atoms with E-state index in [2.05, 4.69) is 26.0 Å². The normalized spacial score (nSPS) is 17.5. The highest BCUT2D eigenvalue weighted by atomic mass is 16.5. The van der Waals surface area contributed by atoms with Crippen LogP contribution >= 0.6 is 0 Å². The third-order valence-electron chi connectivity index (χ3n) is 6.52. The van der Waals surface area contributed by atoms with Crippen LogP contribution in [0.25, 0.3) is 11.4 Å². The second-order valence-corrected chi connectivity index (χ2v) is 8.90. The number of methoxy groups -OCH3 is 1. The lowest BCUT2D eigenvalue weighted by atomic mass is 10.1. The van der Waals surface area contributed by atoms with E-state index in [-0.39, 0.29) is 5.91 Å². The van der Waals surface area contributed by atoms with Crippen molar-refractivity contribution in [2.75, 3.05) is 59.6 Å². The summed E-state index contributed by atoms with van der Waals surface area (Å²) in [4.78, 5) is 24.2. The number of morpholine rings is 1. The van der Waals surface area contributed by atoms with Gasteiger partial charge in [-0.3, -0.25) is 14.6 Å². The van der Waals surface area contributed by atoms with Crippen molar-refractivity contribution in [3.8, 4) is 17.1 Å². The first-order chi connectivity index (χ1) is 17.2. The van der Waals surface area contributed by atoms with E-state index in [1.807, 2.05) is 47.4 Å². The number of amides is 1. The largest absolute Gasteiger partial charge is 0.497 e. The lowest BCUT2D eigenvalue weighted by Crippen LogP contribution is -2.48.